The molecule has 1 heterocycles. The van der Waals surface area contributed by atoms with Crippen LogP contribution in [0.2, 0.25) is 0 Å². The number of imide groups is 1. The molecule has 162 valence electrons. The van der Waals surface area contributed by atoms with Crippen molar-refractivity contribution < 1.29 is 9.59 Å². The van der Waals surface area contributed by atoms with E-state index >= 15 is 0 Å². The summed E-state index contributed by atoms with van der Waals surface area (Å²) in [5.41, 5.74) is 2.67. The molecule has 1 fully saturated rings. The van der Waals surface area contributed by atoms with E-state index in [1.807, 2.05) is 73.7 Å². The van der Waals surface area contributed by atoms with Crippen LogP contribution in [0, 0.1) is 0 Å². The first kappa shape index (κ1) is 21.7. The van der Waals surface area contributed by atoms with Crippen molar-refractivity contribution in [1.29, 1.82) is 0 Å². The van der Waals surface area contributed by atoms with Crippen LogP contribution in [0.25, 0.3) is 5.57 Å². The molecule has 2 amide bonds. The summed E-state index contributed by atoms with van der Waals surface area (Å²) in [4.78, 5) is 30.6. The predicted molar refractivity (Wildman–Crippen MR) is 128 cm³/mol. The minimum atomic E-state index is -0.883. The number of hydrogen-bond donors (Lipinski definition) is 0. The highest BCUT2D eigenvalue weighted by molar-refractivity contribution is 6.08. The summed E-state index contributed by atoms with van der Waals surface area (Å²) in [5, 5.41) is 0. The lowest BCUT2D eigenvalue weighted by atomic mass is 9.84. The van der Waals surface area contributed by atoms with Crippen LogP contribution in [-0.4, -0.2) is 40.2 Å². The fraction of sp³-hybridized carbons (Fsp3) is 0.214. The van der Waals surface area contributed by atoms with Crippen LogP contribution in [0.4, 0.5) is 0 Å². The van der Waals surface area contributed by atoms with Gasteiger partial charge in [-0.15, -0.1) is 0 Å². The molecule has 1 aliphatic heterocycles. The zero-order chi connectivity index (χ0) is 22.6. The SMILES string of the molecule is C=C(C[C@@]1(C)C(=O)N(C(=O)c2ccccc2)CCN1Cc1ccccc1)c1ccccc1. The van der Waals surface area contributed by atoms with Crippen LogP contribution < -0.4 is 0 Å². The maximum atomic E-state index is 13.9. The third kappa shape index (κ3) is 4.41. The van der Waals surface area contributed by atoms with E-state index in [0.29, 0.717) is 31.6 Å². The van der Waals surface area contributed by atoms with Gasteiger partial charge in [-0.1, -0.05) is 85.4 Å². The monoisotopic (exact) mass is 424 g/mol. The molecule has 0 N–H and O–H groups in total. The molecule has 0 aromatic heterocycles. The molecule has 4 nitrogen and oxygen atoms in total. The first-order valence-electron chi connectivity index (χ1n) is 10.9. The Morgan fingerprint density at radius 1 is 0.844 bits per heavy atom. The summed E-state index contributed by atoms with van der Waals surface area (Å²) in [6, 6.07) is 29.1. The molecule has 4 rings (SSSR count). The van der Waals surface area contributed by atoms with Gasteiger partial charge < -0.3 is 0 Å². The van der Waals surface area contributed by atoms with Crippen LogP contribution in [0.15, 0.2) is 97.6 Å². The van der Waals surface area contributed by atoms with Crippen molar-refractivity contribution in [3.63, 3.8) is 0 Å². The van der Waals surface area contributed by atoms with E-state index in [-0.39, 0.29) is 11.8 Å². The summed E-state index contributed by atoms with van der Waals surface area (Å²) >= 11 is 0. The van der Waals surface area contributed by atoms with E-state index in [9.17, 15) is 9.59 Å². The number of benzene rings is 3. The van der Waals surface area contributed by atoms with Gasteiger partial charge in [0, 0.05) is 25.2 Å². The number of rotatable bonds is 6. The Hall–Kier alpha value is -3.50. The summed E-state index contributed by atoms with van der Waals surface area (Å²) in [6.45, 7) is 7.84. The van der Waals surface area contributed by atoms with Gasteiger partial charge in [-0.2, -0.15) is 0 Å². The van der Waals surface area contributed by atoms with Crippen molar-refractivity contribution in [1.82, 2.24) is 9.80 Å². The van der Waals surface area contributed by atoms with Gasteiger partial charge in [0.2, 0.25) is 5.91 Å². The third-order valence-electron chi connectivity index (χ3n) is 6.22. The molecule has 0 spiro atoms. The van der Waals surface area contributed by atoms with Gasteiger partial charge in [0.1, 0.15) is 5.54 Å². The normalized spacial score (nSPS) is 19.0. The first-order valence-corrected chi connectivity index (χ1v) is 10.9. The molecule has 0 saturated carbocycles. The number of carbonyl (C=O) groups excluding carboxylic acids is 2. The molecule has 3 aromatic carbocycles. The van der Waals surface area contributed by atoms with E-state index in [4.69, 9.17) is 0 Å². The highest BCUT2D eigenvalue weighted by Gasteiger charge is 2.47. The number of amides is 2. The van der Waals surface area contributed by atoms with Crippen LogP contribution in [0.5, 0.6) is 0 Å². The fourth-order valence-corrected chi connectivity index (χ4v) is 4.36. The molecule has 0 bridgehead atoms. The molecule has 3 aromatic rings. The van der Waals surface area contributed by atoms with Gasteiger partial charge in [0.25, 0.3) is 5.91 Å². The van der Waals surface area contributed by atoms with E-state index in [2.05, 4.69) is 23.6 Å². The van der Waals surface area contributed by atoms with Crippen LogP contribution >= 0.6 is 0 Å². The van der Waals surface area contributed by atoms with E-state index in [1.54, 1.807) is 12.1 Å². The molecule has 1 atom stereocenters. The Morgan fingerprint density at radius 2 is 1.38 bits per heavy atom. The summed E-state index contributed by atoms with van der Waals surface area (Å²) in [7, 11) is 0. The standard InChI is InChI=1S/C28H28N2O2/c1-22(24-14-8-4-9-15-24)20-28(2)27(32)30(26(31)25-16-10-5-11-17-25)19-18-29(28)21-23-12-6-3-7-13-23/h3-17H,1,18-21H2,2H3/t28-/m0/s1. The summed E-state index contributed by atoms with van der Waals surface area (Å²) < 4.78 is 0. The second-order valence-corrected chi connectivity index (χ2v) is 8.46. The van der Waals surface area contributed by atoms with E-state index < -0.39 is 5.54 Å². The predicted octanol–water partition coefficient (Wildman–Crippen LogP) is 5.03. The van der Waals surface area contributed by atoms with Crippen LogP contribution in [0.1, 0.15) is 34.8 Å². The van der Waals surface area contributed by atoms with Gasteiger partial charge in [0.05, 0.1) is 0 Å². The van der Waals surface area contributed by atoms with Gasteiger partial charge >= 0.3 is 0 Å². The Kier molecular flexibility index (Phi) is 6.33. The van der Waals surface area contributed by atoms with E-state index in [0.717, 1.165) is 16.7 Å². The van der Waals surface area contributed by atoms with Gasteiger partial charge in [-0.05, 0) is 42.2 Å². The Labute approximate surface area is 189 Å². The fourth-order valence-electron chi connectivity index (χ4n) is 4.36. The lowest BCUT2D eigenvalue weighted by Crippen LogP contribution is -2.65. The average Bonchev–Trinajstić information content (AvgIpc) is 2.84. The number of hydrogen-bond acceptors (Lipinski definition) is 3. The Morgan fingerprint density at radius 3 is 1.97 bits per heavy atom. The number of nitrogens with zero attached hydrogens (tertiary/aromatic N) is 2. The minimum absolute atomic E-state index is 0.175. The molecule has 1 aliphatic rings. The van der Waals surface area contributed by atoms with Crippen molar-refractivity contribution in [3.8, 4) is 0 Å². The van der Waals surface area contributed by atoms with Gasteiger partial charge in [-0.3, -0.25) is 19.4 Å². The maximum Gasteiger partial charge on any atom is 0.260 e. The highest BCUT2D eigenvalue weighted by atomic mass is 16.2. The molecular formula is C28H28N2O2. The number of carbonyl (C=O) groups is 2. The van der Waals surface area contributed by atoms with Crippen molar-refractivity contribution in [3.05, 3.63) is 114 Å². The summed E-state index contributed by atoms with van der Waals surface area (Å²) in [5.74, 6) is -0.419. The molecule has 0 aliphatic carbocycles. The van der Waals surface area contributed by atoms with Crippen molar-refractivity contribution in [2.45, 2.75) is 25.4 Å². The molecule has 4 heteroatoms. The van der Waals surface area contributed by atoms with E-state index in [1.165, 1.54) is 4.90 Å². The van der Waals surface area contributed by atoms with Crippen molar-refractivity contribution >= 4 is 17.4 Å². The number of piperazine rings is 1. The molecule has 0 unspecified atom stereocenters. The zero-order valence-electron chi connectivity index (χ0n) is 18.4. The topological polar surface area (TPSA) is 40.6 Å². The van der Waals surface area contributed by atoms with Crippen molar-refractivity contribution in [2.75, 3.05) is 13.1 Å². The summed E-state index contributed by atoms with van der Waals surface area (Å²) in [6.07, 6.45) is 0.446. The van der Waals surface area contributed by atoms with Gasteiger partial charge in [-0.25, -0.2) is 0 Å². The first-order chi connectivity index (χ1) is 15.5. The quantitative estimate of drug-likeness (QED) is 0.521. The second-order valence-electron chi connectivity index (χ2n) is 8.46. The van der Waals surface area contributed by atoms with Crippen molar-refractivity contribution in [2.24, 2.45) is 0 Å². The zero-order valence-corrected chi connectivity index (χ0v) is 18.4. The molecule has 1 saturated heterocycles. The highest BCUT2D eigenvalue weighted by Crippen LogP contribution is 2.34. The molecule has 32 heavy (non-hydrogen) atoms. The Bertz CT molecular complexity index is 1100. The van der Waals surface area contributed by atoms with Gasteiger partial charge in [0.15, 0.2) is 0 Å². The van der Waals surface area contributed by atoms with Crippen LogP contribution in [0.3, 0.4) is 0 Å². The largest absolute Gasteiger partial charge is 0.283 e. The smallest absolute Gasteiger partial charge is 0.260 e. The lowest BCUT2D eigenvalue weighted by molar-refractivity contribution is -0.146. The average molecular weight is 425 g/mol. The second kappa shape index (κ2) is 9.33. The van der Waals surface area contributed by atoms with Crippen LogP contribution in [-0.2, 0) is 11.3 Å². The minimum Gasteiger partial charge on any atom is -0.283 e. The molecule has 0 radical (unpaired) electrons. The molecular weight excluding hydrogens is 396 g/mol. The third-order valence-corrected chi connectivity index (χ3v) is 6.22. The lowest BCUT2D eigenvalue weighted by Gasteiger charge is -2.47. The maximum absolute atomic E-state index is 13.9. The Balaban J connectivity index is 1.65.